The van der Waals surface area contributed by atoms with E-state index in [2.05, 4.69) is 10.6 Å². The first-order valence-electron chi connectivity index (χ1n) is 8.89. The maximum Gasteiger partial charge on any atom is 0.251 e. The Labute approximate surface area is 165 Å². The SMILES string of the molecule is COc1cc(CNC(=O)CCNC(=O)c2ccccc2C)cc(OC)c1OC. The van der Waals surface area contributed by atoms with Crippen LogP contribution in [0.25, 0.3) is 0 Å². The second-order valence-corrected chi connectivity index (χ2v) is 6.13. The van der Waals surface area contributed by atoms with Crippen molar-refractivity contribution in [2.75, 3.05) is 27.9 Å². The molecule has 0 unspecified atom stereocenters. The van der Waals surface area contributed by atoms with Gasteiger partial charge in [0.15, 0.2) is 11.5 Å². The van der Waals surface area contributed by atoms with Gasteiger partial charge >= 0.3 is 0 Å². The van der Waals surface area contributed by atoms with Gasteiger partial charge in [0, 0.05) is 25.1 Å². The Kier molecular flexibility index (Phi) is 7.68. The number of benzene rings is 2. The van der Waals surface area contributed by atoms with Crippen molar-refractivity contribution in [3.8, 4) is 17.2 Å². The molecule has 0 fully saturated rings. The zero-order valence-electron chi connectivity index (χ0n) is 16.6. The number of methoxy groups -OCH3 is 3. The number of hydrogen-bond donors (Lipinski definition) is 2. The first-order chi connectivity index (χ1) is 13.5. The van der Waals surface area contributed by atoms with E-state index < -0.39 is 0 Å². The molecule has 0 heterocycles. The van der Waals surface area contributed by atoms with Crippen LogP contribution in [0.3, 0.4) is 0 Å². The fourth-order valence-electron chi connectivity index (χ4n) is 2.74. The molecule has 150 valence electrons. The molecule has 0 aliphatic heterocycles. The minimum absolute atomic E-state index is 0.168. The second-order valence-electron chi connectivity index (χ2n) is 6.13. The van der Waals surface area contributed by atoms with Crippen LogP contribution >= 0.6 is 0 Å². The average molecular weight is 386 g/mol. The lowest BCUT2D eigenvalue weighted by Gasteiger charge is -2.14. The van der Waals surface area contributed by atoms with E-state index in [1.165, 1.54) is 21.3 Å². The van der Waals surface area contributed by atoms with E-state index in [4.69, 9.17) is 14.2 Å². The Morgan fingerprint density at radius 1 is 0.929 bits per heavy atom. The van der Waals surface area contributed by atoms with Gasteiger partial charge in [0.1, 0.15) is 0 Å². The van der Waals surface area contributed by atoms with Gasteiger partial charge in [-0.1, -0.05) is 18.2 Å². The number of ether oxygens (including phenoxy) is 3. The Hall–Kier alpha value is -3.22. The molecule has 2 aromatic rings. The van der Waals surface area contributed by atoms with Gasteiger partial charge in [-0.3, -0.25) is 9.59 Å². The number of rotatable bonds is 9. The third-order valence-electron chi connectivity index (χ3n) is 4.24. The molecule has 2 aromatic carbocycles. The summed E-state index contributed by atoms with van der Waals surface area (Å²) >= 11 is 0. The molecular formula is C21H26N2O5. The number of carbonyl (C=O) groups is 2. The molecule has 0 radical (unpaired) electrons. The highest BCUT2D eigenvalue weighted by atomic mass is 16.5. The van der Waals surface area contributed by atoms with Crippen molar-refractivity contribution in [2.24, 2.45) is 0 Å². The van der Waals surface area contributed by atoms with Gasteiger partial charge < -0.3 is 24.8 Å². The summed E-state index contributed by atoms with van der Waals surface area (Å²) in [7, 11) is 4.61. The molecule has 7 heteroatoms. The Bertz CT molecular complexity index is 810. The molecule has 0 saturated carbocycles. The Morgan fingerprint density at radius 2 is 1.57 bits per heavy atom. The van der Waals surface area contributed by atoms with Crippen molar-refractivity contribution in [3.63, 3.8) is 0 Å². The lowest BCUT2D eigenvalue weighted by atomic mass is 10.1. The van der Waals surface area contributed by atoms with Crippen LogP contribution in [0.1, 0.15) is 27.9 Å². The second kappa shape index (κ2) is 10.2. The molecular weight excluding hydrogens is 360 g/mol. The smallest absolute Gasteiger partial charge is 0.251 e. The summed E-state index contributed by atoms with van der Waals surface area (Å²) in [5, 5.41) is 5.59. The quantitative estimate of drug-likeness (QED) is 0.691. The van der Waals surface area contributed by atoms with Crippen molar-refractivity contribution < 1.29 is 23.8 Å². The monoisotopic (exact) mass is 386 g/mol. The summed E-state index contributed by atoms with van der Waals surface area (Å²) in [5.41, 5.74) is 2.32. The first-order valence-corrected chi connectivity index (χ1v) is 8.89. The van der Waals surface area contributed by atoms with E-state index in [0.29, 0.717) is 29.4 Å². The summed E-state index contributed by atoms with van der Waals surface area (Å²) in [6, 6.07) is 10.9. The van der Waals surface area contributed by atoms with E-state index in [1.807, 2.05) is 25.1 Å². The van der Waals surface area contributed by atoms with Crippen LogP contribution in [0.5, 0.6) is 17.2 Å². The van der Waals surface area contributed by atoms with E-state index >= 15 is 0 Å². The van der Waals surface area contributed by atoms with Gasteiger partial charge in [-0.25, -0.2) is 0 Å². The summed E-state index contributed by atoms with van der Waals surface area (Å²) in [6.45, 7) is 2.44. The van der Waals surface area contributed by atoms with Gasteiger partial charge in [0.05, 0.1) is 21.3 Å². The number of nitrogens with one attached hydrogen (secondary N) is 2. The highest BCUT2D eigenvalue weighted by Gasteiger charge is 2.14. The third kappa shape index (κ3) is 5.39. The Balaban J connectivity index is 1.86. The first kappa shape index (κ1) is 21.1. The van der Waals surface area contributed by atoms with Crippen LogP contribution in [-0.2, 0) is 11.3 Å². The van der Waals surface area contributed by atoms with Gasteiger partial charge in [-0.15, -0.1) is 0 Å². The standard InChI is InChI=1S/C21H26N2O5/c1-14-7-5-6-8-16(14)21(25)22-10-9-19(24)23-13-15-11-17(26-2)20(28-4)18(12-15)27-3/h5-8,11-12H,9-10,13H2,1-4H3,(H,22,25)(H,23,24). The van der Waals surface area contributed by atoms with Crippen LogP contribution in [0.4, 0.5) is 0 Å². The van der Waals surface area contributed by atoms with Crippen LogP contribution < -0.4 is 24.8 Å². The van der Waals surface area contributed by atoms with Crippen LogP contribution in [0, 0.1) is 6.92 Å². The molecule has 0 aliphatic rings. The molecule has 0 saturated heterocycles. The maximum atomic E-state index is 12.1. The average Bonchev–Trinajstić information content (AvgIpc) is 2.71. The fourth-order valence-corrected chi connectivity index (χ4v) is 2.74. The lowest BCUT2D eigenvalue weighted by Crippen LogP contribution is -2.30. The third-order valence-corrected chi connectivity index (χ3v) is 4.24. The van der Waals surface area contributed by atoms with Gasteiger partial charge in [0.25, 0.3) is 5.91 Å². The highest BCUT2D eigenvalue weighted by Crippen LogP contribution is 2.38. The number of aryl methyl sites for hydroxylation is 1. The molecule has 0 aromatic heterocycles. The molecule has 0 atom stereocenters. The molecule has 0 spiro atoms. The topological polar surface area (TPSA) is 85.9 Å². The number of amides is 2. The minimum Gasteiger partial charge on any atom is -0.493 e. The Morgan fingerprint density at radius 3 is 2.14 bits per heavy atom. The largest absolute Gasteiger partial charge is 0.493 e. The predicted molar refractivity (Wildman–Crippen MR) is 106 cm³/mol. The van der Waals surface area contributed by atoms with Gasteiger partial charge in [-0.2, -0.15) is 0 Å². The number of carbonyl (C=O) groups excluding carboxylic acids is 2. The van der Waals surface area contributed by atoms with Crippen LogP contribution in [0.2, 0.25) is 0 Å². The van der Waals surface area contributed by atoms with Crippen molar-refractivity contribution in [2.45, 2.75) is 19.9 Å². The summed E-state index contributed by atoms with van der Waals surface area (Å²) in [5.74, 6) is 1.20. The summed E-state index contributed by atoms with van der Waals surface area (Å²) in [4.78, 5) is 24.2. The van der Waals surface area contributed by atoms with Crippen molar-refractivity contribution >= 4 is 11.8 Å². The predicted octanol–water partition coefficient (Wildman–Crippen LogP) is 2.46. The molecule has 0 aliphatic carbocycles. The lowest BCUT2D eigenvalue weighted by molar-refractivity contribution is -0.121. The molecule has 0 bridgehead atoms. The molecule has 7 nitrogen and oxygen atoms in total. The highest BCUT2D eigenvalue weighted by molar-refractivity contribution is 5.95. The number of hydrogen-bond acceptors (Lipinski definition) is 5. The van der Waals surface area contributed by atoms with E-state index in [0.717, 1.165) is 11.1 Å². The van der Waals surface area contributed by atoms with Crippen molar-refractivity contribution in [1.29, 1.82) is 0 Å². The van der Waals surface area contributed by atoms with Crippen molar-refractivity contribution in [3.05, 3.63) is 53.1 Å². The molecule has 2 rings (SSSR count). The minimum atomic E-state index is -0.185. The van der Waals surface area contributed by atoms with Gasteiger partial charge in [0.2, 0.25) is 11.7 Å². The van der Waals surface area contributed by atoms with E-state index in [-0.39, 0.29) is 24.8 Å². The normalized spacial score (nSPS) is 10.1. The fraction of sp³-hybridized carbons (Fsp3) is 0.333. The molecule has 28 heavy (non-hydrogen) atoms. The molecule has 2 N–H and O–H groups in total. The van der Waals surface area contributed by atoms with Crippen LogP contribution in [-0.4, -0.2) is 39.7 Å². The van der Waals surface area contributed by atoms with Crippen molar-refractivity contribution in [1.82, 2.24) is 10.6 Å². The van der Waals surface area contributed by atoms with E-state index in [9.17, 15) is 9.59 Å². The van der Waals surface area contributed by atoms with E-state index in [1.54, 1.807) is 18.2 Å². The maximum absolute atomic E-state index is 12.1. The summed E-state index contributed by atoms with van der Waals surface area (Å²) in [6.07, 6.45) is 0.183. The zero-order chi connectivity index (χ0) is 20.5. The zero-order valence-corrected chi connectivity index (χ0v) is 16.6. The van der Waals surface area contributed by atoms with Crippen LogP contribution in [0.15, 0.2) is 36.4 Å². The van der Waals surface area contributed by atoms with Gasteiger partial charge in [-0.05, 0) is 36.2 Å². The molecule has 2 amide bonds. The summed E-state index contributed by atoms with van der Waals surface area (Å²) < 4.78 is 15.9.